The molecule has 4 heteroatoms. The molecule has 0 fully saturated rings. The van der Waals surface area contributed by atoms with Crippen molar-refractivity contribution in [1.82, 2.24) is 19.1 Å². The molecule has 0 saturated carbocycles. The highest BCUT2D eigenvalue weighted by Crippen LogP contribution is 2.39. The maximum atomic E-state index is 5.27. The fourth-order valence-corrected chi connectivity index (χ4v) is 8.85. The lowest BCUT2D eigenvalue weighted by Gasteiger charge is -2.19. The molecule has 0 N–H and O–H groups in total. The second-order valence-corrected chi connectivity index (χ2v) is 16.7. The van der Waals surface area contributed by atoms with Crippen LogP contribution in [0, 0.1) is 0 Å². The van der Waals surface area contributed by atoms with Crippen molar-refractivity contribution in [2.24, 2.45) is 0 Å². The summed E-state index contributed by atoms with van der Waals surface area (Å²) in [4.78, 5) is 10.2. The van der Waals surface area contributed by atoms with E-state index in [-0.39, 0.29) is 5.41 Å². The predicted octanol–water partition coefficient (Wildman–Crippen LogP) is 14.6. The van der Waals surface area contributed by atoms with E-state index in [1.165, 1.54) is 60.4 Å². The SMILES string of the molecule is CC(C)(C)c1ccc2c(c1)c1cc(-c3ccc4c5ccccc5n(-c5ccccc5)c4c3)ccc1n2-c1nccc(-c2cccc(-c3ccc(-c4ccccc4)cc3)c2)n1. The van der Waals surface area contributed by atoms with Crippen LogP contribution in [0.5, 0.6) is 0 Å². The molecular weight excluding hydrogens is 729 g/mol. The molecule has 4 nitrogen and oxygen atoms in total. The molecule has 0 atom stereocenters. The van der Waals surface area contributed by atoms with Gasteiger partial charge < -0.3 is 4.57 Å². The molecule has 3 aromatic heterocycles. The molecule has 0 unspecified atom stereocenters. The van der Waals surface area contributed by atoms with Gasteiger partial charge >= 0.3 is 0 Å². The third kappa shape index (κ3) is 6.08. The van der Waals surface area contributed by atoms with Crippen molar-refractivity contribution < 1.29 is 0 Å². The highest BCUT2D eigenvalue weighted by molar-refractivity contribution is 6.12. The number of para-hydroxylation sites is 2. The Labute approximate surface area is 349 Å². The summed E-state index contributed by atoms with van der Waals surface area (Å²) in [6.45, 7) is 6.83. The van der Waals surface area contributed by atoms with E-state index >= 15 is 0 Å². The number of aromatic nitrogens is 4. The van der Waals surface area contributed by atoms with Gasteiger partial charge in [-0.3, -0.25) is 4.57 Å². The smallest absolute Gasteiger partial charge is 0.235 e. The van der Waals surface area contributed by atoms with Crippen LogP contribution in [-0.4, -0.2) is 19.1 Å². The van der Waals surface area contributed by atoms with Gasteiger partial charge in [-0.1, -0.05) is 154 Å². The first-order valence-corrected chi connectivity index (χ1v) is 20.6. The van der Waals surface area contributed by atoms with Crippen LogP contribution in [-0.2, 0) is 5.41 Å². The third-order valence-electron chi connectivity index (χ3n) is 12.0. The summed E-state index contributed by atoms with van der Waals surface area (Å²) in [7, 11) is 0. The Morgan fingerprint density at radius 1 is 0.367 bits per heavy atom. The fraction of sp³-hybridized carbons (Fsp3) is 0.0714. The number of hydrogen-bond acceptors (Lipinski definition) is 2. The molecule has 0 amide bonds. The van der Waals surface area contributed by atoms with Crippen molar-refractivity contribution in [3.05, 3.63) is 206 Å². The first kappa shape index (κ1) is 35.6. The summed E-state index contributed by atoms with van der Waals surface area (Å²) in [5, 5.41) is 4.86. The monoisotopic (exact) mass is 770 g/mol. The van der Waals surface area contributed by atoms with E-state index in [9.17, 15) is 0 Å². The van der Waals surface area contributed by atoms with Gasteiger partial charge in [-0.25, -0.2) is 9.97 Å². The van der Waals surface area contributed by atoms with Gasteiger partial charge in [0.2, 0.25) is 5.95 Å². The Bertz CT molecular complexity index is 3390. The van der Waals surface area contributed by atoms with Crippen LogP contribution in [0.2, 0.25) is 0 Å². The zero-order valence-electron chi connectivity index (χ0n) is 33.8. The topological polar surface area (TPSA) is 35.6 Å². The van der Waals surface area contributed by atoms with Crippen molar-refractivity contribution in [2.75, 3.05) is 0 Å². The molecule has 60 heavy (non-hydrogen) atoms. The van der Waals surface area contributed by atoms with E-state index in [2.05, 4.69) is 218 Å². The van der Waals surface area contributed by atoms with Crippen molar-refractivity contribution in [2.45, 2.75) is 26.2 Å². The van der Waals surface area contributed by atoms with E-state index in [0.29, 0.717) is 5.95 Å². The van der Waals surface area contributed by atoms with Crippen LogP contribution < -0.4 is 0 Å². The zero-order valence-corrected chi connectivity index (χ0v) is 33.8. The minimum atomic E-state index is -0.0145. The maximum absolute atomic E-state index is 5.27. The molecule has 0 aliphatic heterocycles. The molecule has 3 heterocycles. The summed E-state index contributed by atoms with van der Waals surface area (Å²) in [6.07, 6.45) is 1.88. The van der Waals surface area contributed by atoms with Gasteiger partial charge in [-0.15, -0.1) is 0 Å². The summed E-state index contributed by atoms with van der Waals surface area (Å²) in [6, 6.07) is 69.9. The van der Waals surface area contributed by atoms with E-state index in [1.54, 1.807) is 0 Å². The summed E-state index contributed by atoms with van der Waals surface area (Å²) >= 11 is 0. The molecule has 11 aromatic rings. The van der Waals surface area contributed by atoms with Gasteiger partial charge in [0.1, 0.15) is 0 Å². The van der Waals surface area contributed by atoms with Gasteiger partial charge in [0, 0.05) is 39.0 Å². The second-order valence-electron chi connectivity index (χ2n) is 16.7. The van der Waals surface area contributed by atoms with Gasteiger partial charge in [0.05, 0.1) is 27.8 Å². The van der Waals surface area contributed by atoms with Crippen molar-refractivity contribution in [3.63, 3.8) is 0 Å². The molecule has 0 aliphatic rings. The summed E-state index contributed by atoms with van der Waals surface area (Å²) < 4.78 is 4.61. The number of rotatable bonds is 6. The molecule has 0 saturated heterocycles. The van der Waals surface area contributed by atoms with Crippen molar-refractivity contribution in [3.8, 4) is 56.3 Å². The summed E-state index contributed by atoms with van der Waals surface area (Å²) in [5.74, 6) is 0.648. The molecule has 286 valence electrons. The van der Waals surface area contributed by atoms with Crippen LogP contribution in [0.3, 0.4) is 0 Å². The molecule has 11 rings (SSSR count). The minimum Gasteiger partial charge on any atom is -0.309 e. The first-order chi connectivity index (χ1) is 29.4. The quantitative estimate of drug-likeness (QED) is 0.169. The molecule has 0 radical (unpaired) electrons. The molecule has 0 spiro atoms. The van der Waals surface area contributed by atoms with Gasteiger partial charge in [0.15, 0.2) is 0 Å². The number of benzene rings is 8. The average molecular weight is 771 g/mol. The first-order valence-electron chi connectivity index (χ1n) is 20.6. The Kier molecular flexibility index (Phi) is 8.35. The number of hydrogen-bond donors (Lipinski definition) is 0. The number of fused-ring (bicyclic) bond motifs is 6. The van der Waals surface area contributed by atoms with E-state index in [0.717, 1.165) is 39.1 Å². The van der Waals surface area contributed by atoms with Crippen LogP contribution in [0.25, 0.3) is 99.9 Å². The van der Waals surface area contributed by atoms with Crippen LogP contribution in [0.1, 0.15) is 26.3 Å². The zero-order chi connectivity index (χ0) is 40.4. The Morgan fingerprint density at radius 2 is 0.917 bits per heavy atom. The maximum Gasteiger partial charge on any atom is 0.235 e. The molecule has 0 bridgehead atoms. The number of nitrogens with zero attached hydrogens (tertiary/aromatic N) is 4. The summed E-state index contributed by atoms with van der Waals surface area (Å²) in [5.41, 5.74) is 16.0. The lowest BCUT2D eigenvalue weighted by atomic mass is 9.86. The standard InChI is InChI=1S/C56H42N4/c1-56(2,3)44-27-30-53-49(36-44)48-34-41(42-25-28-47-46-19-10-11-20-51(46)59(54(47)35-42)45-17-8-5-9-18-45)26-29-52(48)60(53)55-57-32-31-50(58-55)43-16-12-15-40(33-43)39-23-21-38(22-24-39)37-13-6-4-7-14-37/h4-36H,1-3H3. The Morgan fingerprint density at radius 3 is 1.70 bits per heavy atom. The van der Waals surface area contributed by atoms with Crippen LogP contribution in [0.15, 0.2) is 200 Å². The second kappa shape index (κ2) is 14.1. The largest absolute Gasteiger partial charge is 0.309 e. The normalized spacial score (nSPS) is 11.9. The van der Waals surface area contributed by atoms with Gasteiger partial charge in [0.25, 0.3) is 0 Å². The lowest BCUT2D eigenvalue weighted by Crippen LogP contribution is -2.10. The highest BCUT2D eigenvalue weighted by atomic mass is 15.2. The van der Waals surface area contributed by atoms with Crippen molar-refractivity contribution in [1.29, 1.82) is 0 Å². The van der Waals surface area contributed by atoms with E-state index < -0.39 is 0 Å². The van der Waals surface area contributed by atoms with Crippen LogP contribution in [0.4, 0.5) is 0 Å². The molecular formula is C56H42N4. The molecule has 8 aromatic carbocycles. The van der Waals surface area contributed by atoms with Crippen LogP contribution >= 0.6 is 0 Å². The van der Waals surface area contributed by atoms with E-state index in [1.807, 2.05) is 12.3 Å². The third-order valence-corrected chi connectivity index (χ3v) is 12.0. The molecule has 0 aliphatic carbocycles. The lowest BCUT2D eigenvalue weighted by molar-refractivity contribution is 0.591. The van der Waals surface area contributed by atoms with E-state index in [4.69, 9.17) is 9.97 Å². The predicted molar refractivity (Wildman–Crippen MR) is 251 cm³/mol. The highest BCUT2D eigenvalue weighted by Gasteiger charge is 2.21. The Hall–Kier alpha value is -7.56. The van der Waals surface area contributed by atoms with Crippen molar-refractivity contribution >= 4 is 43.6 Å². The van der Waals surface area contributed by atoms with Gasteiger partial charge in [-0.05, 0) is 105 Å². The minimum absolute atomic E-state index is 0.0145. The Balaban J connectivity index is 1.03. The average Bonchev–Trinajstić information content (AvgIpc) is 3.81. The van der Waals surface area contributed by atoms with Gasteiger partial charge in [-0.2, -0.15) is 0 Å². The fourth-order valence-electron chi connectivity index (χ4n) is 8.85.